The zero-order valence-electron chi connectivity index (χ0n) is 17.7. The van der Waals surface area contributed by atoms with Gasteiger partial charge in [-0.25, -0.2) is 8.42 Å². The van der Waals surface area contributed by atoms with Gasteiger partial charge in [0.15, 0.2) is 0 Å². The summed E-state index contributed by atoms with van der Waals surface area (Å²) in [6, 6.07) is 11.0. The van der Waals surface area contributed by atoms with Crippen LogP contribution in [0.1, 0.15) is 18.1 Å². The Morgan fingerprint density at radius 1 is 1.13 bits per heavy atom. The van der Waals surface area contributed by atoms with Crippen LogP contribution in [0.4, 0.5) is 5.69 Å². The first-order valence-corrected chi connectivity index (χ1v) is 12.0. The molecular weight excluding hydrogens is 461 g/mol. The maximum absolute atomic E-state index is 13.3. The fourth-order valence-corrected chi connectivity index (χ4v) is 4.50. The topological polar surface area (TPSA) is 86.8 Å². The van der Waals surface area contributed by atoms with Crippen LogP contribution < -0.4 is 9.62 Å². The Bertz CT molecular complexity index is 1080. The van der Waals surface area contributed by atoms with Crippen LogP contribution in [-0.2, 0) is 26.2 Å². The van der Waals surface area contributed by atoms with Gasteiger partial charge in [-0.15, -0.1) is 0 Å². The van der Waals surface area contributed by atoms with Crippen molar-refractivity contribution in [1.29, 1.82) is 0 Å². The predicted molar refractivity (Wildman–Crippen MR) is 124 cm³/mol. The minimum atomic E-state index is -3.86. The molecule has 1 atom stereocenters. The van der Waals surface area contributed by atoms with Crippen LogP contribution in [0.25, 0.3) is 0 Å². The molecule has 10 heteroatoms. The number of rotatable bonds is 8. The number of benzene rings is 2. The summed E-state index contributed by atoms with van der Waals surface area (Å²) in [7, 11) is -2.38. The fraction of sp³-hybridized carbons (Fsp3) is 0.333. The Kier molecular flexibility index (Phi) is 8.34. The molecule has 2 aromatic rings. The van der Waals surface area contributed by atoms with Gasteiger partial charge < -0.3 is 10.2 Å². The molecule has 168 valence electrons. The molecule has 1 unspecified atom stereocenters. The third-order valence-corrected chi connectivity index (χ3v) is 6.37. The lowest BCUT2D eigenvalue weighted by molar-refractivity contribution is -0.139. The van der Waals surface area contributed by atoms with Crippen molar-refractivity contribution in [2.24, 2.45) is 0 Å². The van der Waals surface area contributed by atoms with E-state index in [1.54, 1.807) is 6.92 Å². The van der Waals surface area contributed by atoms with Crippen molar-refractivity contribution in [2.45, 2.75) is 26.4 Å². The van der Waals surface area contributed by atoms with Crippen LogP contribution in [0.15, 0.2) is 42.5 Å². The third kappa shape index (κ3) is 6.59. The summed E-state index contributed by atoms with van der Waals surface area (Å²) in [5.74, 6) is -0.912. The van der Waals surface area contributed by atoms with E-state index in [1.165, 1.54) is 30.1 Å². The van der Waals surface area contributed by atoms with Gasteiger partial charge in [-0.2, -0.15) is 0 Å². The van der Waals surface area contributed by atoms with Crippen LogP contribution >= 0.6 is 23.2 Å². The van der Waals surface area contributed by atoms with Crippen LogP contribution in [-0.4, -0.2) is 51.0 Å². The molecule has 1 N–H and O–H groups in total. The summed E-state index contributed by atoms with van der Waals surface area (Å²) < 4.78 is 25.9. The van der Waals surface area contributed by atoms with E-state index in [2.05, 4.69) is 5.32 Å². The Morgan fingerprint density at radius 2 is 1.81 bits per heavy atom. The number of hydrogen-bond donors (Lipinski definition) is 1. The number of nitrogens with one attached hydrogen (secondary N) is 1. The highest BCUT2D eigenvalue weighted by Gasteiger charge is 2.30. The zero-order chi connectivity index (χ0) is 23.3. The van der Waals surface area contributed by atoms with Crippen LogP contribution in [0.2, 0.25) is 10.0 Å². The minimum Gasteiger partial charge on any atom is -0.357 e. The second-order valence-electron chi connectivity index (χ2n) is 7.17. The van der Waals surface area contributed by atoms with Gasteiger partial charge in [0.1, 0.15) is 12.6 Å². The SMILES string of the molecule is CNC(=O)C(C)N(Cc1cccc(C)c1)C(=O)CN(c1ccc(Cl)cc1Cl)S(C)(=O)=O. The van der Waals surface area contributed by atoms with Crippen molar-refractivity contribution < 1.29 is 18.0 Å². The number of sulfonamides is 1. The first kappa shape index (κ1) is 25.0. The van der Waals surface area contributed by atoms with Crippen molar-refractivity contribution in [3.63, 3.8) is 0 Å². The van der Waals surface area contributed by atoms with Crippen molar-refractivity contribution in [3.05, 3.63) is 63.6 Å². The number of hydrogen-bond acceptors (Lipinski definition) is 4. The molecular formula is C21H25Cl2N3O4S. The molecule has 0 aliphatic rings. The third-order valence-electron chi connectivity index (χ3n) is 4.71. The monoisotopic (exact) mass is 485 g/mol. The molecule has 31 heavy (non-hydrogen) atoms. The normalized spacial score (nSPS) is 12.2. The summed E-state index contributed by atoms with van der Waals surface area (Å²) in [5, 5.41) is 2.96. The van der Waals surface area contributed by atoms with E-state index in [0.717, 1.165) is 21.7 Å². The second-order valence-corrected chi connectivity index (χ2v) is 9.92. The zero-order valence-corrected chi connectivity index (χ0v) is 20.1. The maximum Gasteiger partial charge on any atom is 0.244 e. The molecule has 0 saturated heterocycles. The predicted octanol–water partition coefficient (Wildman–Crippen LogP) is 3.23. The molecule has 7 nitrogen and oxygen atoms in total. The molecule has 0 aliphatic heterocycles. The summed E-state index contributed by atoms with van der Waals surface area (Å²) >= 11 is 12.1. The lowest BCUT2D eigenvalue weighted by Gasteiger charge is -2.31. The van der Waals surface area contributed by atoms with E-state index in [9.17, 15) is 18.0 Å². The van der Waals surface area contributed by atoms with Crippen molar-refractivity contribution >= 4 is 50.7 Å². The summed E-state index contributed by atoms with van der Waals surface area (Å²) in [4.78, 5) is 26.9. The van der Waals surface area contributed by atoms with Crippen LogP contribution in [0, 0.1) is 6.92 Å². The molecule has 2 amide bonds. The standard InChI is InChI=1S/C21H25Cl2N3O4S/c1-14-6-5-7-16(10-14)12-25(15(2)21(28)24-3)20(27)13-26(31(4,29)30)19-9-8-17(22)11-18(19)23/h5-11,15H,12-13H2,1-4H3,(H,24,28). The van der Waals surface area contributed by atoms with Gasteiger partial charge in [0.25, 0.3) is 0 Å². The number of carbonyl (C=O) groups excluding carboxylic acids is 2. The van der Waals surface area contributed by atoms with E-state index in [-0.39, 0.29) is 23.2 Å². The summed E-state index contributed by atoms with van der Waals surface area (Å²) in [5.41, 5.74) is 1.95. The quantitative estimate of drug-likeness (QED) is 0.621. The van der Waals surface area contributed by atoms with Crippen LogP contribution in [0.5, 0.6) is 0 Å². The maximum atomic E-state index is 13.3. The number of nitrogens with zero attached hydrogens (tertiary/aromatic N) is 2. The smallest absolute Gasteiger partial charge is 0.244 e. The van der Waals surface area contributed by atoms with Gasteiger partial charge >= 0.3 is 0 Å². The van der Waals surface area contributed by atoms with Crippen molar-refractivity contribution in [1.82, 2.24) is 10.2 Å². The number of amides is 2. The van der Waals surface area contributed by atoms with E-state index >= 15 is 0 Å². The molecule has 0 radical (unpaired) electrons. The lowest BCUT2D eigenvalue weighted by Crippen LogP contribution is -2.50. The Morgan fingerprint density at radius 3 is 2.35 bits per heavy atom. The number of aryl methyl sites for hydroxylation is 1. The number of anilines is 1. The average Bonchev–Trinajstić information content (AvgIpc) is 2.68. The molecule has 2 aromatic carbocycles. The van der Waals surface area contributed by atoms with Gasteiger partial charge in [-0.3, -0.25) is 13.9 Å². The van der Waals surface area contributed by atoms with Crippen LogP contribution in [0.3, 0.4) is 0 Å². The minimum absolute atomic E-state index is 0.0929. The molecule has 0 aliphatic carbocycles. The summed E-state index contributed by atoms with van der Waals surface area (Å²) in [6.45, 7) is 3.13. The highest BCUT2D eigenvalue weighted by molar-refractivity contribution is 7.92. The Balaban J connectivity index is 2.42. The highest BCUT2D eigenvalue weighted by Crippen LogP contribution is 2.30. The molecule has 0 aromatic heterocycles. The van der Waals surface area contributed by atoms with E-state index in [4.69, 9.17) is 23.2 Å². The van der Waals surface area contributed by atoms with Crippen molar-refractivity contribution in [2.75, 3.05) is 24.2 Å². The van der Waals surface area contributed by atoms with E-state index in [0.29, 0.717) is 5.02 Å². The van der Waals surface area contributed by atoms with Gasteiger partial charge in [0, 0.05) is 18.6 Å². The molecule has 0 heterocycles. The number of halogens is 2. The van der Waals surface area contributed by atoms with Gasteiger partial charge in [-0.1, -0.05) is 53.0 Å². The molecule has 2 rings (SSSR count). The fourth-order valence-electron chi connectivity index (χ4n) is 3.08. The van der Waals surface area contributed by atoms with Gasteiger partial charge in [-0.05, 0) is 37.6 Å². The lowest BCUT2D eigenvalue weighted by atomic mass is 10.1. The first-order chi connectivity index (χ1) is 14.4. The number of carbonyl (C=O) groups is 2. The number of likely N-dealkylation sites (N-methyl/N-ethyl adjacent to an activating group) is 1. The average molecular weight is 486 g/mol. The largest absolute Gasteiger partial charge is 0.357 e. The van der Waals surface area contributed by atoms with E-state index in [1.807, 2.05) is 31.2 Å². The Hall–Kier alpha value is -2.29. The highest BCUT2D eigenvalue weighted by atomic mass is 35.5. The van der Waals surface area contributed by atoms with Crippen molar-refractivity contribution in [3.8, 4) is 0 Å². The molecule has 0 bridgehead atoms. The first-order valence-electron chi connectivity index (χ1n) is 9.43. The van der Waals surface area contributed by atoms with Gasteiger partial charge in [0.05, 0.1) is 17.0 Å². The molecule has 0 saturated carbocycles. The van der Waals surface area contributed by atoms with E-state index < -0.39 is 28.5 Å². The molecule has 0 fully saturated rings. The Labute approximate surface area is 193 Å². The molecule has 0 spiro atoms. The van der Waals surface area contributed by atoms with Gasteiger partial charge in [0.2, 0.25) is 21.8 Å². The summed E-state index contributed by atoms with van der Waals surface area (Å²) in [6.07, 6.45) is 0.984. The second kappa shape index (κ2) is 10.3.